The number of rotatable bonds is 13. The Morgan fingerprint density at radius 1 is 1.00 bits per heavy atom. The summed E-state index contributed by atoms with van der Waals surface area (Å²) in [6, 6.07) is 16.3. The zero-order chi connectivity index (χ0) is 25.3. The summed E-state index contributed by atoms with van der Waals surface area (Å²) >= 11 is 0. The van der Waals surface area contributed by atoms with E-state index in [9.17, 15) is 18.3 Å². The third-order valence-corrected chi connectivity index (χ3v) is 7.84. The number of hydrogen-bond acceptors (Lipinski definition) is 5. The molecule has 4 atom stereocenters. The first-order valence-electron chi connectivity index (χ1n) is 11.9. The van der Waals surface area contributed by atoms with E-state index in [0.29, 0.717) is 6.42 Å². The molecule has 8 heteroatoms. The number of nitrogens with two attached hydrogens (primary N) is 1. The van der Waals surface area contributed by atoms with Crippen molar-refractivity contribution in [2.45, 2.75) is 63.6 Å². The molecule has 0 radical (unpaired) electrons. The van der Waals surface area contributed by atoms with Crippen molar-refractivity contribution in [2.75, 3.05) is 13.1 Å². The van der Waals surface area contributed by atoms with E-state index in [1.165, 1.54) is 4.31 Å². The molecule has 0 fully saturated rings. The molecule has 0 heterocycles. The molecule has 2 aromatic carbocycles. The zero-order valence-corrected chi connectivity index (χ0v) is 21.4. The molecule has 7 nitrogen and oxygen atoms in total. The second-order valence-corrected chi connectivity index (χ2v) is 11.3. The number of carbonyl (C=O) groups excluding carboxylic acids is 1. The third-order valence-electron chi connectivity index (χ3n) is 5.99. The smallest absolute Gasteiger partial charge is 0.243 e. The predicted molar refractivity (Wildman–Crippen MR) is 136 cm³/mol. The molecule has 0 spiro atoms. The number of aliphatic hydroxyl groups is 1. The molecule has 0 saturated carbocycles. The fraction of sp³-hybridized carbons (Fsp3) is 0.500. The molecule has 2 aromatic rings. The van der Waals surface area contributed by atoms with Crippen LogP contribution in [0.3, 0.4) is 0 Å². The van der Waals surface area contributed by atoms with Gasteiger partial charge in [0.2, 0.25) is 15.9 Å². The molecule has 0 aromatic heterocycles. The van der Waals surface area contributed by atoms with Gasteiger partial charge >= 0.3 is 0 Å². The fourth-order valence-electron chi connectivity index (χ4n) is 3.70. The van der Waals surface area contributed by atoms with Crippen LogP contribution < -0.4 is 11.1 Å². The lowest BCUT2D eigenvalue weighted by Gasteiger charge is -2.31. The number of nitrogens with one attached hydrogen (secondary N) is 1. The van der Waals surface area contributed by atoms with E-state index in [1.54, 1.807) is 30.3 Å². The van der Waals surface area contributed by atoms with Gasteiger partial charge in [-0.3, -0.25) is 4.79 Å². The highest BCUT2D eigenvalue weighted by molar-refractivity contribution is 7.89. The summed E-state index contributed by atoms with van der Waals surface area (Å²) < 4.78 is 28.0. The van der Waals surface area contributed by atoms with Gasteiger partial charge in [-0.1, -0.05) is 82.6 Å². The molecular formula is C26H39N3O4S. The van der Waals surface area contributed by atoms with Gasteiger partial charge in [0.1, 0.15) is 0 Å². The summed E-state index contributed by atoms with van der Waals surface area (Å²) in [4.78, 5) is 13.0. The SMILES string of the molecule is CCC(C)C(N)C(=O)NC(Cc1ccccc1)C(O)CN(CC(C)C)S(=O)(=O)c1ccccc1. The van der Waals surface area contributed by atoms with Crippen molar-refractivity contribution in [1.29, 1.82) is 0 Å². The standard InChI is InChI=1S/C26H39N3O4S/c1-5-20(4)25(27)26(31)28-23(16-21-12-8-6-9-13-21)24(30)18-29(17-19(2)3)34(32,33)22-14-10-7-11-15-22/h6-15,19-20,23-25,30H,5,16-18,27H2,1-4H3,(H,28,31). The van der Waals surface area contributed by atoms with Gasteiger partial charge in [0.25, 0.3) is 0 Å². The van der Waals surface area contributed by atoms with Crippen molar-refractivity contribution in [3.8, 4) is 0 Å². The van der Waals surface area contributed by atoms with E-state index in [2.05, 4.69) is 5.32 Å². The van der Waals surface area contributed by atoms with Gasteiger partial charge in [-0.25, -0.2) is 8.42 Å². The van der Waals surface area contributed by atoms with Crippen molar-refractivity contribution < 1.29 is 18.3 Å². The van der Waals surface area contributed by atoms with Crippen LogP contribution in [0.25, 0.3) is 0 Å². The lowest BCUT2D eigenvalue weighted by atomic mass is 9.97. The van der Waals surface area contributed by atoms with Crippen LogP contribution in [0.15, 0.2) is 65.6 Å². The summed E-state index contributed by atoms with van der Waals surface area (Å²) in [5, 5.41) is 14.1. The van der Waals surface area contributed by atoms with Gasteiger partial charge in [-0.05, 0) is 36.0 Å². The van der Waals surface area contributed by atoms with Gasteiger partial charge in [0.05, 0.1) is 23.1 Å². The number of sulfonamides is 1. The average molecular weight is 490 g/mol. The van der Waals surface area contributed by atoms with E-state index in [1.807, 2.05) is 58.0 Å². The van der Waals surface area contributed by atoms with E-state index < -0.39 is 28.2 Å². The van der Waals surface area contributed by atoms with Crippen LogP contribution in [0, 0.1) is 11.8 Å². The van der Waals surface area contributed by atoms with Crippen LogP contribution >= 0.6 is 0 Å². The number of carbonyl (C=O) groups is 1. The summed E-state index contributed by atoms with van der Waals surface area (Å²) in [5.74, 6) is -0.326. The molecule has 0 aliphatic rings. The summed E-state index contributed by atoms with van der Waals surface area (Å²) in [6.45, 7) is 7.82. The molecule has 0 aliphatic carbocycles. The van der Waals surface area contributed by atoms with Crippen LogP contribution in [0.4, 0.5) is 0 Å². The van der Waals surface area contributed by atoms with E-state index in [0.717, 1.165) is 12.0 Å². The maximum absolute atomic E-state index is 13.4. The van der Waals surface area contributed by atoms with Crippen molar-refractivity contribution in [3.05, 3.63) is 66.2 Å². The Morgan fingerprint density at radius 3 is 2.09 bits per heavy atom. The maximum atomic E-state index is 13.4. The van der Waals surface area contributed by atoms with Crippen molar-refractivity contribution >= 4 is 15.9 Å². The minimum Gasteiger partial charge on any atom is -0.390 e. The van der Waals surface area contributed by atoms with Gasteiger partial charge in [0, 0.05) is 13.1 Å². The summed E-state index contributed by atoms with van der Waals surface area (Å²) in [6.07, 6.45) is -0.0367. The summed E-state index contributed by atoms with van der Waals surface area (Å²) in [7, 11) is -3.82. The highest BCUT2D eigenvalue weighted by Gasteiger charge is 2.32. The topological polar surface area (TPSA) is 113 Å². The van der Waals surface area contributed by atoms with Crippen LogP contribution in [0.2, 0.25) is 0 Å². The zero-order valence-electron chi connectivity index (χ0n) is 20.6. The molecule has 188 valence electrons. The van der Waals surface area contributed by atoms with Crippen molar-refractivity contribution in [1.82, 2.24) is 9.62 Å². The third kappa shape index (κ3) is 7.91. The van der Waals surface area contributed by atoms with Gasteiger partial charge in [0.15, 0.2) is 0 Å². The average Bonchev–Trinajstić information content (AvgIpc) is 2.82. The molecule has 2 rings (SSSR count). The molecule has 34 heavy (non-hydrogen) atoms. The quantitative estimate of drug-likeness (QED) is 0.400. The van der Waals surface area contributed by atoms with E-state index in [-0.39, 0.29) is 35.7 Å². The Balaban J connectivity index is 2.31. The Hall–Kier alpha value is -2.26. The molecule has 1 amide bonds. The second-order valence-electron chi connectivity index (χ2n) is 9.31. The largest absolute Gasteiger partial charge is 0.390 e. The lowest BCUT2D eigenvalue weighted by Crippen LogP contribution is -2.55. The molecule has 4 unspecified atom stereocenters. The van der Waals surface area contributed by atoms with Crippen LogP contribution in [-0.4, -0.2) is 55.0 Å². The van der Waals surface area contributed by atoms with Gasteiger partial charge < -0.3 is 16.2 Å². The normalized spacial score (nSPS) is 15.6. The lowest BCUT2D eigenvalue weighted by molar-refractivity contribution is -0.125. The molecule has 0 aliphatic heterocycles. The first-order chi connectivity index (χ1) is 16.1. The number of benzene rings is 2. The first kappa shape index (κ1) is 28.0. The Kier molecular flexibility index (Phi) is 10.7. The number of nitrogens with zero attached hydrogens (tertiary/aromatic N) is 1. The van der Waals surface area contributed by atoms with Crippen LogP contribution in [0.1, 0.15) is 39.7 Å². The van der Waals surface area contributed by atoms with Crippen LogP contribution in [0.5, 0.6) is 0 Å². The molecule has 4 N–H and O–H groups in total. The fourth-order valence-corrected chi connectivity index (χ4v) is 5.34. The van der Waals surface area contributed by atoms with Gasteiger partial charge in [-0.2, -0.15) is 4.31 Å². The van der Waals surface area contributed by atoms with Crippen molar-refractivity contribution in [2.24, 2.45) is 17.6 Å². The second kappa shape index (κ2) is 13.0. The Bertz CT molecular complexity index is 984. The molecular weight excluding hydrogens is 450 g/mol. The summed E-state index contributed by atoms with van der Waals surface area (Å²) in [5.41, 5.74) is 7.05. The number of hydrogen-bond donors (Lipinski definition) is 3. The first-order valence-corrected chi connectivity index (χ1v) is 13.3. The highest BCUT2D eigenvalue weighted by Crippen LogP contribution is 2.19. The van der Waals surface area contributed by atoms with Gasteiger partial charge in [-0.15, -0.1) is 0 Å². The Labute approximate surface area is 204 Å². The monoisotopic (exact) mass is 489 g/mol. The minimum absolute atomic E-state index is 0.0228. The maximum Gasteiger partial charge on any atom is 0.243 e. The minimum atomic E-state index is -3.82. The number of aliphatic hydroxyl groups excluding tert-OH is 1. The highest BCUT2D eigenvalue weighted by atomic mass is 32.2. The molecule has 0 saturated heterocycles. The van der Waals surface area contributed by atoms with Crippen molar-refractivity contribution in [3.63, 3.8) is 0 Å². The Morgan fingerprint density at radius 2 is 1.56 bits per heavy atom. The molecule has 0 bridgehead atoms. The predicted octanol–water partition coefficient (Wildman–Crippen LogP) is 2.80. The van der Waals surface area contributed by atoms with E-state index in [4.69, 9.17) is 5.73 Å². The van der Waals surface area contributed by atoms with Crippen LogP contribution in [-0.2, 0) is 21.2 Å². The number of amides is 1. The van der Waals surface area contributed by atoms with E-state index >= 15 is 0 Å².